The topological polar surface area (TPSA) is 31.4 Å². The lowest BCUT2D eigenvalue weighted by Crippen LogP contribution is -2.02. The van der Waals surface area contributed by atoms with E-state index in [2.05, 4.69) is 67.4 Å². The van der Waals surface area contributed by atoms with Crippen molar-refractivity contribution in [3.05, 3.63) is 113 Å². The van der Waals surface area contributed by atoms with Crippen molar-refractivity contribution in [2.45, 2.75) is 40.2 Å². The molecule has 0 unspecified atom stereocenters. The molecule has 0 aliphatic rings. The molecule has 33 heavy (non-hydrogen) atoms. The first-order valence-corrected chi connectivity index (χ1v) is 11.5. The molecule has 0 atom stereocenters. The fourth-order valence-corrected chi connectivity index (χ4v) is 4.14. The molecule has 168 valence electrons. The van der Waals surface area contributed by atoms with E-state index in [0.717, 1.165) is 41.3 Å². The molecule has 0 saturated carbocycles. The molecule has 0 aliphatic carbocycles. The highest BCUT2D eigenvalue weighted by Crippen LogP contribution is 2.32. The number of aromatic nitrogens is 1. The maximum atomic E-state index is 6.07. The maximum Gasteiger partial charge on any atom is 0.119 e. The molecule has 1 aromatic heterocycles. The highest BCUT2D eigenvalue weighted by Gasteiger charge is 2.10. The lowest BCUT2D eigenvalue weighted by molar-refractivity contribution is 0.306. The number of ether oxygens (including phenoxy) is 2. The number of benzene rings is 3. The van der Waals surface area contributed by atoms with E-state index in [1.807, 2.05) is 43.3 Å². The second kappa shape index (κ2) is 10.8. The Kier molecular flexibility index (Phi) is 7.41. The Morgan fingerprint density at radius 2 is 1.45 bits per heavy atom. The van der Waals surface area contributed by atoms with Gasteiger partial charge in [0.15, 0.2) is 0 Å². The van der Waals surface area contributed by atoms with Gasteiger partial charge in [0.1, 0.15) is 18.1 Å². The zero-order valence-electron chi connectivity index (χ0n) is 19.7. The number of hydrogen-bond acceptors (Lipinski definition) is 3. The van der Waals surface area contributed by atoms with Crippen molar-refractivity contribution in [2.75, 3.05) is 6.61 Å². The van der Waals surface area contributed by atoms with Crippen molar-refractivity contribution in [3.8, 4) is 22.6 Å². The van der Waals surface area contributed by atoms with Gasteiger partial charge >= 0.3 is 0 Å². The molecule has 0 bridgehead atoms. The summed E-state index contributed by atoms with van der Waals surface area (Å²) in [6.07, 6.45) is 1.87. The Bertz CT molecular complexity index is 1180. The van der Waals surface area contributed by atoms with Crippen LogP contribution in [0.25, 0.3) is 11.1 Å². The van der Waals surface area contributed by atoms with Gasteiger partial charge in [-0.05, 0) is 104 Å². The van der Waals surface area contributed by atoms with Crippen LogP contribution in [-0.4, -0.2) is 11.6 Å². The van der Waals surface area contributed by atoms with E-state index in [1.165, 1.54) is 22.3 Å². The minimum Gasteiger partial charge on any atom is -0.494 e. The normalized spacial score (nSPS) is 10.8. The van der Waals surface area contributed by atoms with Gasteiger partial charge in [0.2, 0.25) is 0 Å². The summed E-state index contributed by atoms with van der Waals surface area (Å²) >= 11 is 0. The summed E-state index contributed by atoms with van der Waals surface area (Å²) in [5, 5.41) is 0. The standard InChI is InChI=1S/C30H31NO2/c1-22-18-29(32-17-9-14-27-13-7-10-24(3)31-27)19-23(2)30(22)26-12-8-11-25(20-26)21-33-28-15-5-4-6-16-28/h4-8,10-13,15-16,18-20H,9,14,17,21H2,1-3H3. The maximum absolute atomic E-state index is 6.07. The fourth-order valence-electron chi connectivity index (χ4n) is 4.14. The van der Waals surface area contributed by atoms with E-state index in [4.69, 9.17) is 9.47 Å². The van der Waals surface area contributed by atoms with E-state index in [9.17, 15) is 0 Å². The molecule has 0 radical (unpaired) electrons. The molecule has 0 fully saturated rings. The van der Waals surface area contributed by atoms with Crippen LogP contribution in [0.4, 0.5) is 0 Å². The third kappa shape index (κ3) is 6.23. The third-order valence-electron chi connectivity index (χ3n) is 5.66. The van der Waals surface area contributed by atoms with Crippen LogP contribution in [0.3, 0.4) is 0 Å². The second-order valence-electron chi connectivity index (χ2n) is 8.46. The number of para-hydroxylation sites is 1. The van der Waals surface area contributed by atoms with E-state index in [1.54, 1.807) is 0 Å². The molecule has 0 N–H and O–H groups in total. The monoisotopic (exact) mass is 437 g/mol. The van der Waals surface area contributed by atoms with Crippen molar-refractivity contribution in [2.24, 2.45) is 0 Å². The quantitative estimate of drug-likeness (QED) is 0.258. The molecule has 0 saturated heterocycles. The summed E-state index contributed by atoms with van der Waals surface area (Å²) in [7, 11) is 0. The molecule has 3 aromatic carbocycles. The Labute approximate surface area is 197 Å². The highest BCUT2D eigenvalue weighted by molar-refractivity contribution is 5.72. The number of pyridine rings is 1. The summed E-state index contributed by atoms with van der Waals surface area (Å²) in [6.45, 7) is 7.56. The number of hydrogen-bond donors (Lipinski definition) is 0. The lowest BCUT2D eigenvalue weighted by atomic mass is 9.94. The molecule has 4 rings (SSSR count). The average molecular weight is 438 g/mol. The molecular weight excluding hydrogens is 406 g/mol. The van der Waals surface area contributed by atoms with Crippen LogP contribution < -0.4 is 9.47 Å². The zero-order chi connectivity index (χ0) is 23.0. The summed E-state index contributed by atoms with van der Waals surface area (Å²) < 4.78 is 12.0. The van der Waals surface area contributed by atoms with Crippen molar-refractivity contribution in [1.82, 2.24) is 4.98 Å². The molecule has 0 amide bonds. The van der Waals surface area contributed by atoms with Crippen LogP contribution in [0, 0.1) is 20.8 Å². The van der Waals surface area contributed by atoms with Gasteiger partial charge in [-0.25, -0.2) is 0 Å². The summed E-state index contributed by atoms with van der Waals surface area (Å²) in [4.78, 5) is 4.56. The van der Waals surface area contributed by atoms with Crippen LogP contribution in [-0.2, 0) is 13.0 Å². The summed E-state index contributed by atoms with van der Waals surface area (Å²) in [6, 6.07) is 29.0. The van der Waals surface area contributed by atoms with Gasteiger partial charge in [-0.1, -0.05) is 42.5 Å². The van der Waals surface area contributed by atoms with Gasteiger partial charge in [0, 0.05) is 11.4 Å². The highest BCUT2D eigenvalue weighted by atomic mass is 16.5. The predicted molar refractivity (Wildman–Crippen MR) is 135 cm³/mol. The van der Waals surface area contributed by atoms with E-state index >= 15 is 0 Å². The van der Waals surface area contributed by atoms with Crippen LogP contribution in [0.15, 0.2) is 84.9 Å². The molecule has 0 aliphatic heterocycles. The van der Waals surface area contributed by atoms with Crippen molar-refractivity contribution in [3.63, 3.8) is 0 Å². The van der Waals surface area contributed by atoms with E-state index in [0.29, 0.717) is 13.2 Å². The van der Waals surface area contributed by atoms with Crippen molar-refractivity contribution >= 4 is 0 Å². The summed E-state index contributed by atoms with van der Waals surface area (Å²) in [5.41, 5.74) is 8.23. The van der Waals surface area contributed by atoms with Crippen LogP contribution >= 0.6 is 0 Å². The van der Waals surface area contributed by atoms with Crippen molar-refractivity contribution < 1.29 is 9.47 Å². The average Bonchev–Trinajstić information content (AvgIpc) is 2.81. The first-order chi connectivity index (χ1) is 16.1. The second-order valence-corrected chi connectivity index (χ2v) is 8.46. The van der Waals surface area contributed by atoms with Gasteiger partial charge < -0.3 is 9.47 Å². The van der Waals surface area contributed by atoms with Gasteiger partial charge in [-0.2, -0.15) is 0 Å². The fraction of sp³-hybridized carbons (Fsp3) is 0.233. The SMILES string of the molecule is Cc1cccc(CCCOc2cc(C)c(-c3cccc(COc4ccccc4)c3)c(C)c2)n1. The predicted octanol–water partition coefficient (Wildman–Crippen LogP) is 7.26. The Balaban J connectivity index is 1.39. The zero-order valence-corrected chi connectivity index (χ0v) is 19.7. The Morgan fingerprint density at radius 3 is 2.21 bits per heavy atom. The van der Waals surface area contributed by atoms with Crippen LogP contribution in [0.2, 0.25) is 0 Å². The molecule has 0 spiro atoms. The van der Waals surface area contributed by atoms with Gasteiger partial charge in [-0.15, -0.1) is 0 Å². The van der Waals surface area contributed by atoms with E-state index < -0.39 is 0 Å². The lowest BCUT2D eigenvalue weighted by Gasteiger charge is -2.15. The number of nitrogens with zero attached hydrogens (tertiary/aromatic N) is 1. The molecule has 4 aromatic rings. The first kappa shape index (κ1) is 22.6. The van der Waals surface area contributed by atoms with Crippen LogP contribution in [0.1, 0.15) is 34.5 Å². The van der Waals surface area contributed by atoms with Gasteiger partial charge in [-0.3, -0.25) is 4.98 Å². The molecule has 3 nitrogen and oxygen atoms in total. The Hall–Kier alpha value is -3.59. The largest absolute Gasteiger partial charge is 0.494 e. The van der Waals surface area contributed by atoms with Crippen molar-refractivity contribution in [1.29, 1.82) is 0 Å². The van der Waals surface area contributed by atoms with Gasteiger partial charge in [0.25, 0.3) is 0 Å². The molecule has 1 heterocycles. The molecular formula is C30H31NO2. The van der Waals surface area contributed by atoms with Gasteiger partial charge in [0.05, 0.1) is 6.61 Å². The Morgan fingerprint density at radius 1 is 0.697 bits per heavy atom. The minimum absolute atomic E-state index is 0.549. The summed E-state index contributed by atoms with van der Waals surface area (Å²) in [5.74, 6) is 1.81. The van der Waals surface area contributed by atoms with E-state index in [-0.39, 0.29) is 0 Å². The number of rotatable bonds is 9. The first-order valence-electron chi connectivity index (χ1n) is 11.5. The van der Waals surface area contributed by atoms with Crippen LogP contribution in [0.5, 0.6) is 11.5 Å². The number of aryl methyl sites for hydroxylation is 4. The smallest absolute Gasteiger partial charge is 0.119 e. The third-order valence-corrected chi connectivity index (χ3v) is 5.66. The molecule has 3 heteroatoms. The minimum atomic E-state index is 0.549.